The van der Waals surface area contributed by atoms with Gasteiger partial charge in [0.05, 0.1) is 16.9 Å². The molecule has 4 saturated carbocycles. The van der Waals surface area contributed by atoms with E-state index < -0.39 is 11.5 Å². The maximum atomic E-state index is 12.1. The fraction of sp³-hybridized carbons (Fsp3) is 0.619. The Morgan fingerprint density at radius 2 is 2.04 bits per heavy atom. The number of amides is 1. The van der Waals surface area contributed by atoms with Crippen molar-refractivity contribution in [3.05, 3.63) is 24.0 Å². The number of pyridine rings is 1. The molecule has 0 aliphatic heterocycles. The average molecular weight is 368 g/mol. The predicted molar refractivity (Wildman–Crippen MR) is 105 cm³/mol. The van der Waals surface area contributed by atoms with Gasteiger partial charge in [0.25, 0.3) is 5.91 Å². The van der Waals surface area contributed by atoms with E-state index in [1.165, 1.54) is 12.8 Å². The number of rotatable bonds is 4. The lowest BCUT2D eigenvalue weighted by atomic mass is 9.52. The van der Waals surface area contributed by atoms with Crippen molar-refractivity contribution in [3.8, 4) is 0 Å². The zero-order chi connectivity index (χ0) is 18.9. The average Bonchev–Trinajstić information content (AvgIpc) is 3.00. The molecule has 27 heavy (non-hydrogen) atoms. The lowest BCUT2D eigenvalue weighted by Crippen LogP contribution is -2.59. The van der Waals surface area contributed by atoms with Gasteiger partial charge in [0.2, 0.25) is 0 Å². The molecule has 144 valence electrons. The van der Waals surface area contributed by atoms with Gasteiger partial charge in [-0.15, -0.1) is 0 Å². The Balaban J connectivity index is 1.56. The quantitative estimate of drug-likeness (QED) is 0.773. The molecule has 2 heterocycles. The number of carbonyl (C=O) groups excluding carboxylic acids is 1. The molecule has 4 fully saturated rings. The van der Waals surface area contributed by atoms with Crippen molar-refractivity contribution in [1.82, 2.24) is 9.55 Å². The number of aliphatic hydroxyl groups is 1. The number of carbonyl (C=O) groups is 1. The van der Waals surface area contributed by atoms with Gasteiger partial charge in [-0.05, 0) is 69.8 Å². The first-order chi connectivity index (χ1) is 12.8. The molecule has 4 N–H and O–H groups in total. The Bertz CT molecular complexity index is 902. The standard InChI is InChI=1S/C21H28N4O2/c1-11(2)25-4-3-15-18(16(19(22)26)10-23-20(15)25)24-17-13-5-12-6-14(17)9-21(27,7-12)8-13/h3-4,10-14,17,27H,5-9H2,1-2H3,(H2,22,26)(H,23,24). The minimum absolute atomic E-state index is 0.285. The summed E-state index contributed by atoms with van der Waals surface area (Å²) in [5.41, 5.74) is 7.36. The second-order valence-corrected chi connectivity index (χ2v) is 9.33. The monoisotopic (exact) mass is 368 g/mol. The van der Waals surface area contributed by atoms with Crippen molar-refractivity contribution in [2.45, 2.75) is 63.6 Å². The topological polar surface area (TPSA) is 93.2 Å². The van der Waals surface area contributed by atoms with Gasteiger partial charge in [-0.3, -0.25) is 4.79 Å². The van der Waals surface area contributed by atoms with Gasteiger partial charge in [-0.1, -0.05) is 0 Å². The summed E-state index contributed by atoms with van der Waals surface area (Å²) in [6, 6.07) is 2.60. The number of hydrogen-bond donors (Lipinski definition) is 3. The van der Waals surface area contributed by atoms with Crippen LogP contribution < -0.4 is 11.1 Å². The van der Waals surface area contributed by atoms with Crippen molar-refractivity contribution in [1.29, 1.82) is 0 Å². The smallest absolute Gasteiger partial charge is 0.252 e. The summed E-state index contributed by atoms with van der Waals surface area (Å²) in [5, 5.41) is 15.5. The zero-order valence-electron chi connectivity index (χ0n) is 16.0. The van der Waals surface area contributed by atoms with Crippen LogP contribution in [0.3, 0.4) is 0 Å². The summed E-state index contributed by atoms with van der Waals surface area (Å²) >= 11 is 0. The number of fused-ring (bicyclic) bond motifs is 1. The predicted octanol–water partition coefficient (Wildman–Crippen LogP) is 3.07. The van der Waals surface area contributed by atoms with Crippen LogP contribution in [0.2, 0.25) is 0 Å². The molecule has 6 nitrogen and oxygen atoms in total. The van der Waals surface area contributed by atoms with E-state index in [1.807, 2.05) is 12.3 Å². The molecule has 0 saturated heterocycles. The van der Waals surface area contributed by atoms with Crippen LogP contribution in [0.25, 0.3) is 11.0 Å². The summed E-state index contributed by atoms with van der Waals surface area (Å²) in [6.45, 7) is 4.24. The van der Waals surface area contributed by atoms with E-state index in [4.69, 9.17) is 5.73 Å². The van der Waals surface area contributed by atoms with Crippen LogP contribution >= 0.6 is 0 Å². The summed E-state index contributed by atoms with van der Waals surface area (Å²) in [6.07, 6.45) is 8.67. The molecule has 0 spiro atoms. The third kappa shape index (κ3) is 2.57. The number of primary amides is 1. The van der Waals surface area contributed by atoms with Gasteiger partial charge in [-0.2, -0.15) is 0 Å². The first-order valence-electron chi connectivity index (χ1n) is 10.1. The number of nitrogens with zero attached hydrogens (tertiary/aromatic N) is 2. The fourth-order valence-corrected chi connectivity index (χ4v) is 6.25. The Morgan fingerprint density at radius 1 is 1.33 bits per heavy atom. The molecule has 2 aromatic heterocycles. The lowest BCUT2D eigenvalue weighted by molar-refractivity contribution is -0.129. The van der Waals surface area contributed by atoms with Gasteiger partial charge in [0.1, 0.15) is 5.65 Å². The van der Waals surface area contributed by atoms with Gasteiger partial charge in [-0.25, -0.2) is 4.98 Å². The Morgan fingerprint density at radius 3 is 2.63 bits per heavy atom. The minimum atomic E-state index is -0.463. The maximum Gasteiger partial charge on any atom is 0.252 e. The Kier molecular flexibility index (Phi) is 3.60. The molecular formula is C21H28N4O2. The molecule has 2 aromatic rings. The Hall–Kier alpha value is -2.08. The van der Waals surface area contributed by atoms with Crippen LogP contribution in [0.1, 0.15) is 62.4 Å². The van der Waals surface area contributed by atoms with Crippen molar-refractivity contribution < 1.29 is 9.90 Å². The molecule has 6 rings (SSSR count). The molecule has 4 bridgehead atoms. The summed E-state index contributed by atoms with van der Waals surface area (Å²) in [7, 11) is 0. The fourth-order valence-electron chi connectivity index (χ4n) is 6.25. The van der Waals surface area contributed by atoms with E-state index in [9.17, 15) is 9.90 Å². The first-order valence-corrected chi connectivity index (χ1v) is 10.1. The van der Waals surface area contributed by atoms with Crippen molar-refractivity contribution in [2.75, 3.05) is 5.32 Å². The molecule has 6 heteroatoms. The highest BCUT2D eigenvalue weighted by Gasteiger charge is 2.54. The van der Waals surface area contributed by atoms with E-state index in [0.717, 1.165) is 36.0 Å². The van der Waals surface area contributed by atoms with Crippen LogP contribution in [-0.4, -0.2) is 32.2 Å². The van der Waals surface area contributed by atoms with Gasteiger partial charge >= 0.3 is 0 Å². The third-order valence-electron chi connectivity index (χ3n) is 7.12. The second kappa shape index (κ2) is 5.71. The number of nitrogens with one attached hydrogen (secondary N) is 1. The molecule has 2 atom stereocenters. The summed E-state index contributed by atoms with van der Waals surface area (Å²) in [4.78, 5) is 16.6. The minimum Gasteiger partial charge on any atom is -0.390 e. The Labute approximate surface area is 159 Å². The first kappa shape index (κ1) is 17.0. The highest BCUT2D eigenvalue weighted by Crippen LogP contribution is 2.56. The SMILES string of the molecule is CC(C)n1ccc2c(NC3C4CC5CC3CC(O)(C5)C4)c(C(N)=O)cnc21. The molecule has 4 aliphatic carbocycles. The molecule has 1 amide bonds. The normalized spacial score (nSPS) is 34.5. The van der Waals surface area contributed by atoms with Gasteiger partial charge < -0.3 is 20.7 Å². The number of nitrogens with two attached hydrogens (primary N) is 1. The van der Waals surface area contributed by atoms with E-state index >= 15 is 0 Å². The van der Waals surface area contributed by atoms with E-state index in [0.29, 0.717) is 23.3 Å². The van der Waals surface area contributed by atoms with Gasteiger partial charge in [0.15, 0.2) is 0 Å². The molecule has 2 unspecified atom stereocenters. The zero-order valence-corrected chi connectivity index (χ0v) is 16.0. The molecule has 0 aromatic carbocycles. The van der Waals surface area contributed by atoms with E-state index in [2.05, 4.69) is 28.7 Å². The highest BCUT2D eigenvalue weighted by atomic mass is 16.3. The summed E-state index contributed by atoms with van der Waals surface area (Å²) in [5.74, 6) is 1.11. The second-order valence-electron chi connectivity index (χ2n) is 9.33. The van der Waals surface area contributed by atoms with Crippen LogP contribution in [0.4, 0.5) is 5.69 Å². The van der Waals surface area contributed by atoms with Crippen LogP contribution in [-0.2, 0) is 0 Å². The van der Waals surface area contributed by atoms with Crippen molar-refractivity contribution in [2.24, 2.45) is 23.5 Å². The van der Waals surface area contributed by atoms with Crippen molar-refractivity contribution in [3.63, 3.8) is 0 Å². The molecular weight excluding hydrogens is 340 g/mol. The van der Waals surface area contributed by atoms with Crippen molar-refractivity contribution >= 4 is 22.6 Å². The third-order valence-corrected chi connectivity index (χ3v) is 7.12. The number of hydrogen-bond acceptors (Lipinski definition) is 4. The molecule has 0 radical (unpaired) electrons. The maximum absolute atomic E-state index is 12.1. The largest absolute Gasteiger partial charge is 0.390 e. The highest BCUT2D eigenvalue weighted by molar-refractivity contribution is 6.06. The molecule has 4 aliphatic rings. The van der Waals surface area contributed by atoms with E-state index in [-0.39, 0.29) is 12.1 Å². The van der Waals surface area contributed by atoms with Crippen LogP contribution in [0.5, 0.6) is 0 Å². The number of anilines is 1. The van der Waals surface area contributed by atoms with Gasteiger partial charge in [0, 0.05) is 29.9 Å². The lowest BCUT2D eigenvalue weighted by Gasteiger charge is -2.58. The van der Waals surface area contributed by atoms with Crippen LogP contribution in [0.15, 0.2) is 18.5 Å². The number of aromatic nitrogens is 2. The van der Waals surface area contributed by atoms with Crippen LogP contribution in [0, 0.1) is 17.8 Å². The van der Waals surface area contributed by atoms with E-state index in [1.54, 1.807) is 6.20 Å². The summed E-state index contributed by atoms with van der Waals surface area (Å²) < 4.78 is 2.12.